The summed E-state index contributed by atoms with van der Waals surface area (Å²) in [5.74, 6) is 0. The van der Waals surface area contributed by atoms with Crippen LogP contribution in [-0.4, -0.2) is 14.1 Å². The summed E-state index contributed by atoms with van der Waals surface area (Å²) < 4.78 is 0. The minimum absolute atomic E-state index is 0.532. The van der Waals surface area contributed by atoms with Crippen molar-refractivity contribution in [3.05, 3.63) is 35.9 Å². The molecule has 0 saturated carbocycles. The van der Waals surface area contributed by atoms with Gasteiger partial charge in [-0.15, -0.1) is 5.47 Å². The Bertz CT molecular complexity index is 175. The maximum Gasteiger partial charge on any atom is 0.150 e. The van der Waals surface area contributed by atoms with E-state index in [1.54, 1.807) is 19.1 Å². The summed E-state index contributed by atoms with van der Waals surface area (Å²) in [6, 6.07) is 0. The third-order valence-electron chi connectivity index (χ3n) is 0.910. The van der Waals surface area contributed by atoms with Crippen LogP contribution in [0.2, 0.25) is 0 Å². The first-order valence-electron chi connectivity index (χ1n) is 2.92. The zero-order valence-electron chi connectivity index (χ0n) is 6.00. The molecule has 0 atom stereocenters. The van der Waals surface area contributed by atoms with Gasteiger partial charge in [-0.25, -0.2) is 0 Å². The van der Waals surface area contributed by atoms with E-state index in [1.807, 2.05) is 0 Å². The van der Waals surface area contributed by atoms with Gasteiger partial charge in [0.1, 0.15) is 14.1 Å². The standard InChI is InChI=1S/C8H9BO/c1-3-8(6-10)5-4-7(2)9/h3-6H,1H2,2H3/b7-4+,8-5+. The summed E-state index contributed by atoms with van der Waals surface area (Å²) in [7, 11) is 5.32. The van der Waals surface area contributed by atoms with Crippen LogP contribution >= 0.6 is 0 Å². The topological polar surface area (TPSA) is 17.1 Å². The Labute approximate surface area is 62.5 Å². The molecule has 0 N–H and O–H groups in total. The normalized spacial score (nSPS) is 12.9. The highest BCUT2D eigenvalue weighted by atomic mass is 16.1. The molecule has 0 fully saturated rings. The van der Waals surface area contributed by atoms with E-state index in [4.69, 9.17) is 7.85 Å². The molecule has 2 radical (unpaired) electrons. The van der Waals surface area contributed by atoms with Gasteiger partial charge in [0.2, 0.25) is 0 Å². The molecule has 0 heterocycles. The number of carbonyl (C=O) groups is 1. The van der Waals surface area contributed by atoms with E-state index < -0.39 is 0 Å². The maximum atomic E-state index is 10.1. The number of hydrogen-bond acceptors (Lipinski definition) is 1. The molecular weight excluding hydrogens is 123 g/mol. The van der Waals surface area contributed by atoms with Crippen molar-refractivity contribution in [1.29, 1.82) is 0 Å². The van der Waals surface area contributed by atoms with Gasteiger partial charge >= 0.3 is 0 Å². The van der Waals surface area contributed by atoms with Crippen molar-refractivity contribution in [3.8, 4) is 0 Å². The van der Waals surface area contributed by atoms with Gasteiger partial charge in [0.15, 0.2) is 0 Å². The molecule has 0 spiro atoms. The molecule has 1 nitrogen and oxygen atoms in total. The number of rotatable bonds is 3. The van der Waals surface area contributed by atoms with Crippen LogP contribution in [0.15, 0.2) is 35.9 Å². The third kappa shape index (κ3) is 3.90. The Balaban J connectivity index is 4.26. The Morgan fingerprint density at radius 1 is 1.50 bits per heavy atom. The number of aldehydes is 1. The van der Waals surface area contributed by atoms with Crippen molar-refractivity contribution in [1.82, 2.24) is 0 Å². The fourth-order valence-corrected chi connectivity index (χ4v) is 0.383. The quantitative estimate of drug-likeness (QED) is 0.245. The smallest absolute Gasteiger partial charge is 0.150 e. The molecule has 0 aromatic carbocycles. The number of hydrogen-bond donors (Lipinski definition) is 0. The monoisotopic (exact) mass is 132 g/mol. The van der Waals surface area contributed by atoms with Gasteiger partial charge < -0.3 is 0 Å². The molecule has 10 heavy (non-hydrogen) atoms. The van der Waals surface area contributed by atoms with Gasteiger partial charge in [-0.1, -0.05) is 31.7 Å². The number of carbonyl (C=O) groups excluding carboxylic acids is 1. The van der Waals surface area contributed by atoms with Gasteiger partial charge in [0.25, 0.3) is 0 Å². The lowest BCUT2D eigenvalue weighted by molar-refractivity contribution is -0.104. The van der Waals surface area contributed by atoms with Gasteiger partial charge in [-0.05, 0) is 0 Å². The van der Waals surface area contributed by atoms with Crippen LogP contribution in [0.1, 0.15) is 6.92 Å². The molecule has 0 aromatic heterocycles. The van der Waals surface area contributed by atoms with E-state index in [0.717, 1.165) is 6.29 Å². The van der Waals surface area contributed by atoms with Crippen LogP contribution in [0.4, 0.5) is 0 Å². The lowest BCUT2D eigenvalue weighted by Gasteiger charge is -1.85. The highest BCUT2D eigenvalue weighted by Gasteiger charge is 1.81. The highest BCUT2D eigenvalue weighted by molar-refractivity contribution is 6.21. The summed E-state index contributed by atoms with van der Waals surface area (Å²) in [5.41, 5.74) is 1.20. The van der Waals surface area contributed by atoms with Crippen molar-refractivity contribution in [3.63, 3.8) is 0 Å². The average molecular weight is 132 g/mol. The molecular formula is C8H9BO. The zero-order valence-corrected chi connectivity index (χ0v) is 6.00. The molecule has 0 aliphatic rings. The van der Waals surface area contributed by atoms with Crippen LogP contribution < -0.4 is 0 Å². The summed E-state index contributed by atoms with van der Waals surface area (Å²) in [5, 5.41) is 0. The molecule has 0 rings (SSSR count). The Kier molecular flexibility index (Phi) is 4.30. The largest absolute Gasteiger partial charge is 0.298 e. The second-order valence-corrected chi connectivity index (χ2v) is 1.90. The number of allylic oxidation sites excluding steroid dienone is 5. The van der Waals surface area contributed by atoms with Crippen LogP contribution in [0, 0.1) is 0 Å². The fourth-order valence-electron chi connectivity index (χ4n) is 0.383. The van der Waals surface area contributed by atoms with Crippen molar-refractivity contribution >= 4 is 14.1 Å². The van der Waals surface area contributed by atoms with E-state index in [2.05, 4.69) is 6.58 Å². The first-order valence-corrected chi connectivity index (χ1v) is 2.92. The van der Waals surface area contributed by atoms with Crippen LogP contribution in [0.25, 0.3) is 0 Å². The molecule has 0 aliphatic carbocycles. The minimum atomic E-state index is 0.532. The predicted octanol–water partition coefficient (Wildman–Crippen LogP) is 1.37. The van der Waals surface area contributed by atoms with E-state index in [0.29, 0.717) is 11.0 Å². The SMILES string of the molecule is [B]/C(C)=C/C=C(\C=C)C=O. The van der Waals surface area contributed by atoms with Crippen LogP contribution in [0.3, 0.4) is 0 Å². The Hall–Kier alpha value is -1.05. The molecule has 0 aromatic rings. The van der Waals surface area contributed by atoms with E-state index >= 15 is 0 Å². The van der Waals surface area contributed by atoms with Gasteiger partial charge in [0, 0.05) is 5.57 Å². The van der Waals surface area contributed by atoms with Gasteiger partial charge in [0.05, 0.1) is 0 Å². The first kappa shape index (κ1) is 8.95. The average Bonchev–Trinajstić information content (AvgIpc) is 1.90. The first-order chi connectivity index (χ1) is 4.70. The molecule has 0 amide bonds. The Morgan fingerprint density at radius 3 is 2.40 bits per heavy atom. The Morgan fingerprint density at radius 2 is 2.10 bits per heavy atom. The molecule has 50 valence electrons. The summed E-state index contributed by atoms with van der Waals surface area (Å²) in [4.78, 5) is 10.1. The summed E-state index contributed by atoms with van der Waals surface area (Å²) in [6.45, 7) is 5.19. The summed E-state index contributed by atoms with van der Waals surface area (Å²) >= 11 is 0. The third-order valence-corrected chi connectivity index (χ3v) is 0.910. The van der Waals surface area contributed by atoms with Crippen molar-refractivity contribution in [2.24, 2.45) is 0 Å². The lowest BCUT2D eigenvalue weighted by atomic mass is 9.97. The molecule has 0 saturated heterocycles. The van der Waals surface area contributed by atoms with Gasteiger partial charge in [-0.3, -0.25) is 4.79 Å². The second kappa shape index (κ2) is 4.80. The predicted molar refractivity (Wildman–Crippen MR) is 43.9 cm³/mol. The fraction of sp³-hybridized carbons (Fsp3) is 0.125. The van der Waals surface area contributed by atoms with Crippen molar-refractivity contribution in [2.75, 3.05) is 0 Å². The summed E-state index contributed by atoms with van der Waals surface area (Å²) in [6.07, 6.45) is 5.49. The molecule has 2 heteroatoms. The van der Waals surface area contributed by atoms with E-state index in [1.165, 1.54) is 6.08 Å². The van der Waals surface area contributed by atoms with E-state index in [-0.39, 0.29) is 0 Å². The minimum Gasteiger partial charge on any atom is -0.298 e. The molecule has 0 aliphatic heterocycles. The van der Waals surface area contributed by atoms with Gasteiger partial charge in [-0.2, -0.15) is 0 Å². The maximum absolute atomic E-state index is 10.1. The van der Waals surface area contributed by atoms with Crippen LogP contribution in [-0.2, 0) is 4.79 Å². The highest BCUT2D eigenvalue weighted by Crippen LogP contribution is 1.92. The molecule has 0 unspecified atom stereocenters. The van der Waals surface area contributed by atoms with Crippen LogP contribution in [0.5, 0.6) is 0 Å². The second-order valence-electron chi connectivity index (χ2n) is 1.90. The van der Waals surface area contributed by atoms with Crippen molar-refractivity contribution in [2.45, 2.75) is 6.92 Å². The zero-order chi connectivity index (χ0) is 7.98. The van der Waals surface area contributed by atoms with Crippen molar-refractivity contribution < 1.29 is 4.79 Å². The lowest BCUT2D eigenvalue weighted by Crippen LogP contribution is -1.76. The molecule has 0 bridgehead atoms. The van der Waals surface area contributed by atoms with E-state index in [9.17, 15) is 4.79 Å².